The zero-order valence-corrected chi connectivity index (χ0v) is 13.8. The predicted molar refractivity (Wildman–Crippen MR) is 95.0 cm³/mol. The fourth-order valence-electron chi connectivity index (χ4n) is 2.49. The number of hydrogen-bond acceptors (Lipinski definition) is 2. The number of rotatable bonds is 8. The van der Waals surface area contributed by atoms with E-state index in [1.54, 1.807) is 0 Å². The van der Waals surface area contributed by atoms with Gasteiger partial charge < -0.3 is 4.74 Å². The van der Waals surface area contributed by atoms with Crippen LogP contribution in [0.3, 0.4) is 0 Å². The highest BCUT2D eigenvalue weighted by Crippen LogP contribution is 2.21. The molecule has 0 radical (unpaired) electrons. The average molecular weight is 311 g/mol. The van der Waals surface area contributed by atoms with E-state index in [-0.39, 0.29) is 0 Å². The maximum absolute atomic E-state index is 12.0. The minimum atomic E-state index is -0.449. The second kappa shape index (κ2) is 9.67. The molecule has 23 heavy (non-hydrogen) atoms. The average Bonchev–Trinajstić information content (AvgIpc) is 2.57. The quantitative estimate of drug-likeness (QED) is 0.625. The summed E-state index contributed by atoms with van der Waals surface area (Å²) in [6.45, 7) is 2.22. The molecule has 1 N–H and O–H groups in total. The summed E-state index contributed by atoms with van der Waals surface area (Å²) in [5, 5.41) is 2.74. The van der Waals surface area contributed by atoms with E-state index in [9.17, 15) is 4.79 Å². The van der Waals surface area contributed by atoms with Crippen LogP contribution in [-0.2, 0) is 6.42 Å². The standard InChI is InChI=1S/C20H25NO2/c1-2-3-4-5-7-12-17-13-10-11-16-19(17)23-20(22)21-18-14-8-6-9-15-18/h6,8-11,13-16H,2-5,7,12H2,1H3,(H,21,22). The Hall–Kier alpha value is -2.29. The molecule has 3 heteroatoms. The molecule has 1 amide bonds. The van der Waals surface area contributed by atoms with Crippen LogP contribution in [0, 0.1) is 0 Å². The van der Waals surface area contributed by atoms with Crippen LogP contribution in [0.5, 0.6) is 5.75 Å². The van der Waals surface area contributed by atoms with Crippen LogP contribution in [0.2, 0.25) is 0 Å². The minimum Gasteiger partial charge on any atom is -0.410 e. The van der Waals surface area contributed by atoms with E-state index in [2.05, 4.69) is 12.2 Å². The van der Waals surface area contributed by atoms with E-state index in [1.165, 1.54) is 25.7 Å². The van der Waals surface area contributed by atoms with Crippen LogP contribution >= 0.6 is 0 Å². The Morgan fingerprint density at radius 3 is 2.39 bits per heavy atom. The first-order chi connectivity index (χ1) is 11.3. The number of aryl methyl sites for hydroxylation is 1. The minimum absolute atomic E-state index is 0.449. The molecule has 0 unspecified atom stereocenters. The van der Waals surface area contributed by atoms with Gasteiger partial charge in [-0.15, -0.1) is 0 Å². The van der Waals surface area contributed by atoms with Gasteiger partial charge in [0.05, 0.1) is 0 Å². The van der Waals surface area contributed by atoms with Gasteiger partial charge in [0.2, 0.25) is 0 Å². The highest BCUT2D eigenvalue weighted by atomic mass is 16.6. The van der Waals surface area contributed by atoms with Crippen LogP contribution < -0.4 is 10.1 Å². The molecule has 0 fully saturated rings. The largest absolute Gasteiger partial charge is 0.417 e. The number of para-hydroxylation sites is 2. The molecule has 0 saturated carbocycles. The van der Waals surface area contributed by atoms with Gasteiger partial charge in [0.15, 0.2) is 0 Å². The van der Waals surface area contributed by atoms with Crippen LogP contribution in [0.25, 0.3) is 0 Å². The van der Waals surface area contributed by atoms with Crippen molar-refractivity contribution < 1.29 is 9.53 Å². The summed E-state index contributed by atoms with van der Waals surface area (Å²) in [7, 11) is 0. The van der Waals surface area contributed by atoms with Gasteiger partial charge >= 0.3 is 6.09 Å². The maximum atomic E-state index is 12.0. The highest BCUT2D eigenvalue weighted by molar-refractivity contribution is 5.86. The molecule has 0 saturated heterocycles. The van der Waals surface area contributed by atoms with Crippen molar-refractivity contribution in [2.45, 2.75) is 45.4 Å². The predicted octanol–water partition coefficient (Wildman–Crippen LogP) is 5.81. The molecule has 0 heterocycles. The van der Waals surface area contributed by atoms with E-state index in [1.807, 2.05) is 54.6 Å². The Morgan fingerprint density at radius 1 is 0.913 bits per heavy atom. The van der Waals surface area contributed by atoms with Crippen LogP contribution in [0.15, 0.2) is 54.6 Å². The van der Waals surface area contributed by atoms with Gasteiger partial charge in [0, 0.05) is 5.69 Å². The lowest BCUT2D eigenvalue weighted by molar-refractivity contribution is 0.214. The summed E-state index contributed by atoms with van der Waals surface area (Å²) in [6.07, 6.45) is 6.65. The Labute approximate surface area is 138 Å². The van der Waals surface area contributed by atoms with E-state index >= 15 is 0 Å². The second-order valence-corrected chi connectivity index (χ2v) is 5.65. The van der Waals surface area contributed by atoms with Crippen LogP contribution in [0.1, 0.15) is 44.6 Å². The fourth-order valence-corrected chi connectivity index (χ4v) is 2.49. The molecule has 0 aromatic heterocycles. The fraction of sp³-hybridized carbons (Fsp3) is 0.350. The third-order valence-electron chi connectivity index (χ3n) is 3.75. The third kappa shape index (κ3) is 6.15. The van der Waals surface area contributed by atoms with Gasteiger partial charge in [-0.25, -0.2) is 4.79 Å². The van der Waals surface area contributed by atoms with Crippen LogP contribution in [0.4, 0.5) is 10.5 Å². The molecule has 0 aliphatic rings. The Balaban J connectivity index is 1.88. The highest BCUT2D eigenvalue weighted by Gasteiger charge is 2.09. The first-order valence-corrected chi connectivity index (χ1v) is 8.41. The number of carbonyl (C=O) groups excluding carboxylic acids is 1. The SMILES string of the molecule is CCCCCCCc1ccccc1OC(=O)Nc1ccccc1. The zero-order valence-electron chi connectivity index (χ0n) is 13.8. The van der Waals surface area contributed by atoms with Crippen molar-refractivity contribution in [3.05, 3.63) is 60.2 Å². The van der Waals surface area contributed by atoms with E-state index in [0.29, 0.717) is 5.75 Å². The van der Waals surface area contributed by atoms with E-state index in [4.69, 9.17) is 4.74 Å². The van der Waals surface area contributed by atoms with Crippen molar-refractivity contribution in [3.63, 3.8) is 0 Å². The second-order valence-electron chi connectivity index (χ2n) is 5.65. The van der Waals surface area contributed by atoms with E-state index < -0.39 is 6.09 Å². The lowest BCUT2D eigenvalue weighted by Crippen LogP contribution is -2.17. The number of unbranched alkanes of at least 4 members (excludes halogenated alkanes) is 4. The van der Waals surface area contributed by atoms with Gasteiger partial charge in [0.25, 0.3) is 0 Å². The molecule has 2 rings (SSSR count). The first-order valence-electron chi connectivity index (χ1n) is 8.41. The van der Waals surface area contributed by atoms with E-state index in [0.717, 1.165) is 24.1 Å². The van der Waals surface area contributed by atoms with Gasteiger partial charge in [-0.3, -0.25) is 5.32 Å². The molecule has 122 valence electrons. The molecular formula is C20H25NO2. The van der Waals surface area contributed by atoms with Crippen molar-refractivity contribution >= 4 is 11.8 Å². The van der Waals surface area contributed by atoms with Crippen molar-refractivity contribution in [1.82, 2.24) is 0 Å². The number of carbonyl (C=O) groups is 1. The Bertz CT molecular complexity index is 596. The number of benzene rings is 2. The molecule has 0 aliphatic carbocycles. The van der Waals surface area contributed by atoms with Crippen molar-refractivity contribution in [2.75, 3.05) is 5.32 Å². The monoisotopic (exact) mass is 311 g/mol. The summed E-state index contributed by atoms with van der Waals surface area (Å²) < 4.78 is 5.48. The summed E-state index contributed by atoms with van der Waals surface area (Å²) in [5.74, 6) is 0.649. The number of amides is 1. The number of nitrogens with one attached hydrogen (secondary N) is 1. The molecule has 2 aromatic carbocycles. The van der Waals surface area contributed by atoms with Gasteiger partial charge in [-0.05, 0) is 36.6 Å². The zero-order chi connectivity index (χ0) is 16.3. The molecule has 2 aromatic rings. The molecule has 3 nitrogen and oxygen atoms in total. The van der Waals surface area contributed by atoms with Gasteiger partial charge in [0.1, 0.15) is 5.75 Å². The first kappa shape index (κ1) is 17.1. The summed E-state index contributed by atoms with van der Waals surface area (Å²) >= 11 is 0. The lowest BCUT2D eigenvalue weighted by Gasteiger charge is -2.11. The summed E-state index contributed by atoms with van der Waals surface area (Å²) in [6, 6.07) is 17.1. The summed E-state index contributed by atoms with van der Waals surface area (Å²) in [4.78, 5) is 12.0. The lowest BCUT2D eigenvalue weighted by atomic mass is 10.0. The van der Waals surface area contributed by atoms with Crippen molar-refractivity contribution in [3.8, 4) is 5.75 Å². The normalized spacial score (nSPS) is 10.3. The molecule has 0 spiro atoms. The number of ether oxygens (including phenoxy) is 1. The maximum Gasteiger partial charge on any atom is 0.417 e. The Morgan fingerprint density at radius 2 is 1.61 bits per heavy atom. The van der Waals surface area contributed by atoms with Crippen molar-refractivity contribution in [1.29, 1.82) is 0 Å². The van der Waals surface area contributed by atoms with Crippen molar-refractivity contribution in [2.24, 2.45) is 0 Å². The van der Waals surface area contributed by atoms with Crippen LogP contribution in [-0.4, -0.2) is 6.09 Å². The molecule has 0 aliphatic heterocycles. The topological polar surface area (TPSA) is 38.3 Å². The third-order valence-corrected chi connectivity index (χ3v) is 3.75. The van der Waals surface area contributed by atoms with Gasteiger partial charge in [-0.1, -0.05) is 69.0 Å². The number of anilines is 1. The Kier molecular flexibility index (Phi) is 7.18. The summed E-state index contributed by atoms with van der Waals surface area (Å²) in [5.41, 5.74) is 1.82. The molecular weight excluding hydrogens is 286 g/mol. The smallest absolute Gasteiger partial charge is 0.410 e. The van der Waals surface area contributed by atoms with Gasteiger partial charge in [-0.2, -0.15) is 0 Å². The molecule has 0 atom stereocenters. The number of hydrogen-bond donors (Lipinski definition) is 1. The molecule has 0 bridgehead atoms.